The van der Waals surface area contributed by atoms with Crippen molar-refractivity contribution in [1.82, 2.24) is 15.1 Å². The zero-order chi connectivity index (χ0) is 17.1. The van der Waals surface area contributed by atoms with E-state index in [0.717, 1.165) is 24.8 Å². The maximum absolute atomic E-state index is 12.2. The summed E-state index contributed by atoms with van der Waals surface area (Å²) in [6, 6.07) is 4.37. The predicted octanol–water partition coefficient (Wildman–Crippen LogP) is 2.48. The van der Waals surface area contributed by atoms with Gasteiger partial charge in [0.1, 0.15) is 11.1 Å². The number of rotatable bonds is 6. The summed E-state index contributed by atoms with van der Waals surface area (Å²) in [6.45, 7) is 4.29. The van der Waals surface area contributed by atoms with Crippen LogP contribution >= 0.6 is 11.3 Å². The number of aromatic nitrogens is 2. The Labute approximate surface area is 145 Å². The van der Waals surface area contributed by atoms with Gasteiger partial charge in [-0.15, -0.1) is 11.3 Å². The van der Waals surface area contributed by atoms with Crippen molar-refractivity contribution in [1.29, 1.82) is 5.26 Å². The third-order valence-electron chi connectivity index (χ3n) is 4.54. The van der Waals surface area contributed by atoms with E-state index in [1.165, 1.54) is 4.88 Å². The second-order valence-electron chi connectivity index (χ2n) is 6.12. The minimum atomic E-state index is -0.120. The van der Waals surface area contributed by atoms with Crippen molar-refractivity contribution in [2.45, 2.75) is 45.2 Å². The smallest absolute Gasteiger partial charge is 0.238 e. The third kappa shape index (κ3) is 3.35. The minimum absolute atomic E-state index is 0.0967. The number of aryl methyl sites for hydroxylation is 1. The number of carbonyl (C=O) groups is 1. The van der Waals surface area contributed by atoms with Gasteiger partial charge in [0.25, 0.3) is 0 Å². The van der Waals surface area contributed by atoms with E-state index >= 15 is 0 Å². The Balaban J connectivity index is 1.56. The molecule has 0 fully saturated rings. The average molecular weight is 343 g/mol. The van der Waals surface area contributed by atoms with Gasteiger partial charge in [-0.05, 0) is 44.7 Å². The molecule has 7 heteroatoms. The Kier molecular flexibility index (Phi) is 4.97. The molecule has 1 aliphatic carbocycles. The zero-order valence-electron chi connectivity index (χ0n) is 13.9. The van der Waals surface area contributed by atoms with Crippen LogP contribution in [-0.2, 0) is 17.6 Å². The summed E-state index contributed by atoms with van der Waals surface area (Å²) in [4.78, 5) is 13.5. The van der Waals surface area contributed by atoms with Gasteiger partial charge in [0, 0.05) is 23.3 Å². The van der Waals surface area contributed by atoms with Crippen LogP contribution in [0, 0.1) is 11.3 Å². The first kappa shape index (κ1) is 16.7. The first-order valence-electron chi connectivity index (χ1n) is 8.17. The second kappa shape index (κ2) is 7.16. The number of thiophene rings is 1. The highest BCUT2D eigenvalue weighted by Crippen LogP contribution is 2.38. The first-order valence-corrected chi connectivity index (χ1v) is 8.98. The Morgan fingerprint density at radius 1 is 1.50 bits per heavy atom. The van der Waals surface area contributed by atoms with Crippen molar-refractivity contribution in [2.24, 2.45) is 0 Å². The molecule has 0 aliphatic heterocycles. The standard InChI is InChI=1S/C17H21N5OS/c1-11(12(2)22-8-4-7-20-22)19-10-16(23)21-17-14(9-18)13-5-3-6-15(13)24-17/h4,7-8,11-12,19H,3,5-6,10H2,1-2H3,(H,21,23)/t11-,12-/m0/s1. The maximum atomic E-state index is 12.2. The van der Waals surface area contributed by atoms with Crippen molar-refractivity contribution in [3.63, 3.8) is 0 Å². The van der Waals surface area contributed by atoms with E-state index in [-0.39, 0.29) is 24.5 Å². The highest BCUT2D eigenvalue weighted by Gasteiger charge is 2.23. The molecule has 126 valence electrons. The van der Waals surface area contributed by atoms with Crippen molar-refractivity contribution in [2.75, 3.05) is 11.9 Å². The van der Waals surface area contributed by atoms with Crippen molar-refractivity contribution >= 4 is 22.2 Å². The van der Waals surface area contributed by atoms with Gasteiger partial charge in [-0.25, -0.2) is 0 Å². The van der Waals surface area contributed by atoms with Crippen LogP contribution in [0.2, 0.25) is 0 Å². The van der Waals surface area contributed by atoms with Crippen LogP contribution in [-0.4, -0.2) is 28.3 Å². The summed E-state index contributed by atoms with van der Waals surface area (Å²) in [5, 5.41) is 20.4. The molecular formula is C17H21N5OS. The van der Waals surface area contributed by atoms with E-state index in [4.69, 9.17) is 0 Å². The lowest BCUT2D eigenvalue weighted by atomic mass is 10.1. The lowest BCUT2D eigenvalue weighted by molar-refractivity contribution is -0.115. The first-order chi connectivity index (χ1) is 11.6. The monoisotopic (exact) mass is 343 g/mol. The molecular weight excluding hydrogens is 322 g/mol. The summed E-state index contributed by atoms with van der Waals surface area (Å²) < 4.78 is 1.87. The van der Waals surface area contributed by atoms with E-state index in [9.17, 15) is 10.1 Å². The quantitative estimate of drug-likeness (QED) is 0.844. The number of anilines is 1. The lowest BCUT2D eigenvalue weighted by Crippen LogP contribution is -2.39. The van der Waals surface area contributed by atoms with E-state index in [2.05, 4.69) is 28.7 Å². The molecule has 0 unspecified atom stereocenters. The summed E-state index contributed by atoms with van der Waals surface area (Å²) in [6.07, 6.45) is 6.72. The number of nitriles is 1. The Bertz CT molecular complexity index is 759. The summed E-state index contributed by atoms with van der Waals surface area (Å²) >= 11 is 1.54. The summed E-state index contributed by atoms with van der Waals surface area (Å²) in [7, 11) is 0. The fourth-order valence-electron chi connectivity index (χ4n) is 2.96. The number of nitrogens with one attached hydrogen (secondary N) is 2. The van der Waals surface area contributed by atoms with Gasteiger partial charge in [0.05, 0.1) is 18.2 Å². The van der Waals surface area contributed by atoms with Gasteiger partial charge in [-0.2, -0.15) is 10.4 Å². The predicted molar refractivity (Wildman–Crippen MR) is 94.1 cm³/mol. The van der Waals surface area contributed by atoms with Gasteiger partial charge in [0.15, 0.2) is 0 Å². The van der Waals surface area contributed by atoms with Gasteiger partial charge in [0.2, 0.25) is 5.91 Å². The number of carbonyl (C=O) groups excluding carboxylic acids is 1. The Morgan fingerprint density at radius 2 is 2.33 bits per heavy atom. The van der Waals surface area contributed by atoms with Crippen LogP contribution in [0.1, 0.15) is 42.3 Å². The Hall–Kier alpha value is -2.17. The zero-order valence-corrected chi connectivity index (χ0v) is 14.7. The van der Waals surface area contributed by atoms with Crippen molar-refractivity contribution in [3.05, 3.63) is 34.5 Å². The van der Waals surface area contributed by atoms with Gasteiger partial charge >= 0.3 is 0 Å². The minimum Gasteiger partial charge on any atom is -0.315 e. The Morgan fingerprint density at radius 3 is 3.04 bits per heavy atom. The number of amides is 1. The van der Waals surface area contributed by atoms with Gasteiger partial charge < -0.3 is 10.6 Å². The number of fused-ring (bicyclic) bond motifs is 1. The second-order valence-corrected chi connectivity index (χ2v) is 7.22. The van der Waals surface area contributed by atoms with Gasteiger partial charge in [-0.3, -0.25) is 9.48 Å². The molecule has 6 nitrogen and oxygen atoms in total. The molecule has 0 saturated carbocycles. The van der Waals surface area contributed by atoms with Crippen molar-refractivity contribution in [3.8, 4) is 6.07 Å². The molecule has 2 N–H and O–H groups in total. The number of hydrogen-bond acceptors (Lipinski definition) is 5. The van der Waals surface area contributed by atoms with Crippen LogP contribution in [0.4, 0.5) is 5.00 Å². The molecule has 3 rings (SSSR count). The highest BCUT2D eigenvalue weighted by molar-refractivity contribution is 7.16. The maximum Gasteiger partial charge on any atom is 0.238 e. The number of nitrogens with zero attached hydrogens (tertiary/aromatic N) is 3. The molecule has 0 saturated heterocycles. The number of hydrogen-bond donors (Lipinski definition) is 2. The van der Waals surface area contributed by atoms with Crippen LogP contribution < -0.4 is 10.6 Å². The van der Waals surface area contributed by atoms with Crippen LogP contribution in [0.3, 0.4) is 0 Å². The van der Waals surface area contributed by atoms with Crippen LogP contribution in [0.25, 0.3) is 0 Å². The molecule has 1 amide bonds. The largest absolute Gasteiger partial charge is 0.315 e. The van der Waals surface area contributed by atoms with E-state index in [0.29, 0.717) is 10.6 Å². The van der Waals surface area contributed by atoms with Crippen LogP contribution in [0.5, 0.6) is 0 Å². The normalized spacial score (nSPS) is 15.5. The fraction of sp³-hybridized carbons (Fsp3) is 0.471. The van der Waals surface area contributed by atoms with Crippen molar-refractivity contribution < 1.29 is 4.79 Å². The topological polar surface area (TPSA) is 82.7 Å². The van der Waals surface area contributed by atoms with E-state index in [1.807, 2.05) is 23.9 Å². The molecule has 2 atom stereocenters. The summed E-state index contributed by atoms with van der Waals surface area (Å²) in [5.74, 6) is -0.120. The summed E-state index contributed by atoms with van der Waals surface area (Å²) in [5.41, 5.74) is 1.78. The SMILES string of the molecule is C[C@H](NCC(=O)Nc1sc2c(c1C#N)CCC2)[C@H](C)n1cccn1. The van der Waals surface area contributed by atoms with Gasteiger partial charge in [-0.1, -0.05) is 0 Å². The molecule has 1 aliphatic rings. The molecule has 2 heterocycles. The molecule has 2 aromatic rings. The molecule has 0 bridgehead atoms. The molecule has 0 spiro atoms. The third-order valence-corrected chi connectivity index (χ3v) is 5.74. The fourth-order valence-corrected chi connectivity index (χ4v) is 4.21. The molecule has 2 aromatic heterocycles. The van der Waals surface area contributed by atoms with E-state index in [1.54, 1.807) is 17.5 Å². The lowest BCUT2D eigenvalue weighted by Gasteiger charge is -2.21. The molecule has 0 aromatic carbocycles. The van der Waals surface area contributed by atoms with E-state index < -0.39 is 0 Å². The van der Waals surface area contributed by atoms with Crippen LogP contribution in [0.15, 0.2) is 18.5 Å². The average Bonchev–Trinajstić information content (AvgIpc) is 3.28. The molecule has 24 heavy (non-hydrogen) atoms. The highest BCUT2D eigenvalue weighted by atomic mass is 32.1. The molecule has 0 radical (unpaired) electrons.